The van der Waals surface area contributed by atoms with Crippen LogP contribution < -0.4 is 5.32 Å². The number of amides is 1. The van der Waals surface area contributed by atoms with Crippen molar-refractivity contribution in [1.29, 1.82) is 0 Å². The molecule has 1 aliphatic carbocycles. The van der Waals surface area contributed by atoms with Crippen molar-refractivity contribution >= 4 is 29.1 Å². The minimum Gasteiger partial charge on any atom is -0.391 e. The summed E-state index contributed by atoms with van der Waals surface area (Å²) in [6.07, 6.45) is 2.39. The molecule has 33 heavy (non-hydrogen) atoms. The summed E-state index contributed by atoms with van der Waals surface area (Å²) in [4.78, 5) is 17.9. The SMILES string of the molecule is O=C(N[C@@H]1c2ccccc2CC[C@H]1O)c1cn(-c2ccc(Cl)cc2)c(-c2ccccc2Cl)n1. The van der Waals surface area contributed by atoms with Crippen molar-refractivity contribution in [2.24, 2.45) is 0 Å². The van der Waals surface area contributed by atoms with Gasteiger partial charge in [0.15, 0.2) is 0 Å². The summed E-state index contributed by atoms with van der Waals surface area (Å²) < 4.78 is 1.82. The van der Waals surface area contributed by atoms with Gasteiger partial charge in [-0.25, -0.2) is 4.98 Å². The minimum atomic E-state index is -0.662. The number of carbonyl (C=O) groups is 1. The van der Waals surface area contributed by atoms with Gasteiger partial charge in [-0.1, -0.05) is 59.6 Å². The number of fused-ring (bicyclic) bond motifs is 1. The fourth-order valence-corrected chi connectivity index (χ4v) is 4.60. The average Bonchev–Trinajstić information content (AvgIpc) is 3.27. The van der Waals surface area contributed by atoms with Gasteiger partial charge in [-0.05, 0) is 60.4 Å². The first-order chi connectivity index (χ1) is 16.0. The first-order valence-corrected chi connectivity index (χ1v) is 11.4. The quantitative estimate of drug-likeness (QED) is 0.400. The van der Waals surface area contributed by atoms with Gasteiger partial charge in [-0.15, -0.1) is 0 Å². The van der Waals surface area contributed by atoms with E-state index in [0.29, 0.717) is 27.9 Å². The number of halogens is 2. The number of aromatic nitrogens is 2. The number of hydrogen-bond donors (Lipinski definition) is 2. The van der Waals surface area contributed by atoms with Crippen molar-refractivity contribution in [2.45, 2.75) is 25.0 Å². The molecule has 1 aromatic heterocycles. The lowest BCUT2D eigenvalue weighted by molar-refractivity contribution is 0.0788. The van der Waals surface area contributed by atoms with Crippen LogP contribution >= 0.6 is 23.2 Å². The number of rotatable bonds is 4. The van der Waals surface area contributed by atoms with Crippen molar-refractivity contribution in [1.82, 2.24) is 14.9 Å². The first kappa shape index (κ1) is 21.7. The van der Waals surface area contributed by atoms with Crippen LogP contribution in [0.1, 0.15) is 34.1 Å². The lowest BCUT2D eigenvalue weighted by atomic mass is 9.85. The Morgan fingerprint density at radius 3 is 2.52 bits per heavy atom. The Bertz CT molecular complexity index is 1320. The molecule has 0 bridgehead atoms. The van der Waals surface area contributed by atoms with E-state index in [1.807, 2.05) is 59.2 Å². The van der Waals surface area contributed by atoms with E-state index < -0.39 is 12.1 Å². The zero-order chi connectivity index (χ0) is 22.9. The van der Waals surface area contributed by atoms with E-state index >= 15 is 0 Å². The number of aliphatic hydroxyl groups excluding tert-OH is 1. The van der Waals surface area contributed by atoms with Crippen LogP contribution in [0.5, 0.6) is 0 Å². The Morgan fingerprint density at radius 1 is 1.00 bits per heavy atom. The molecule has 1 aliphatic rings. The van der Waals surface area contributed by atoms with Crippen LogP contribution in [0.15, 0.2) is 79.0 Å². The molecule has 3 aromatic carbocycles. The van der Waals surface area contributed by atoms with Gasteiger partial charge < -0.3 is 10.4 Å². The van der Waals surface area contributed by atoms with Crippen molar-refractivity contribution in [2.75, 3.05) is 0 Å². The normalized spacial score (nSPS) is 17.4. The van der Waals surface area contributed by atoms with Crippen LogP contribution in [-0.2, 0) is 6.42 Å². The molecule has 0 radical (unpaired) electrons. The fourth-order valence-electron chi connectivity index (χ4n) is 4.25. The third-order valence-corrected chi connectivity index (χ3v) is 6.51. The molecule has 4 aromatic rings. The van der Waals surface area contributed by atoms with Crippen molar-refractivity contribution < 1.29 is 9.90 Å². The summed E-state index contributed by atoms with van der Waals surface area (Å²) in [6, 6.07) is 22.0. The summed E-state index contributed by atoms with van der Waals surface area (Å²) in [7, 11) is 0. The largest absolute Gasteiger partial charge is 0.391 e. The zero-order valence-corrected chi connectivity index (χ0v) is 19.1. The molecule has 5 rings (SSSR count). The molecule has 0 saturated heterocycles. The van der Waals surface area contributed by atoms with E-state index in [1.165, 1.54) is 0 Å². The fraction of sp³-hybridized carbons (Fsp3) is 0.154. The number of benzene rings is 3. The number of carbonyl (C=O) groups excluding carboxylic acids is 1. The summed E-state index contributed by atoms with van der Waals surface area (Å²) in [5, 5.41) is 14.8. The highest BCUT2D eigenvalue weighted by molar-refractivity contribution is 6.33. The van der Waals surface area contributed by atoms with Crippen LogP contribution in [0, 0.1) is 0 Å². The number of nitrogens with zero attached hydrogens (tertiary/aromatic N) is 2. The van der Waals surface area contributed by atoms with E-state index in [4.69, 9.17) is 23.2 Å². The number of imidazole rings is 1. The van der Waals surface area contributed by atoms with Gasteiger partial charge in [0.25, 0.3) is 5.91 Å². The van der Waals surface area contributed by atoms with Crippen LogP contribution in [0.2, 0.25) is 10.0 Å². The highest BCUT2D eigenvalue weighted by atomic mass is 35.5. The van der Waals surface area contributed by atoms with Crippen molar-refractivity contribution in [3.8, 4) is 17.1 Å². The third kappa shape index (κ3) is 4.27. The minimum absolute atomic E-state index is 0.232. The van der Waals surface area contributed by atoms with Crippen molar-refractivity contribution in [3.63, 3.8) is 0 Å². The molecule has 7 heteroatoms. The topological polar surface area (TPSA) is 67.2 Å². The predicted molar refractivity (Wildman–Crippen MR) is 130 cm³/mol. The van der Waals surface area contributed by atoms with Gasteiger partial charge in [0.2, 0.25) is 0 Å². The average molecular weight is 478 g/mol. The smallest absolute Gasteiger partial charge is 0.272 e. The lowest BCUT2D eigenvalue weighted by Gasteiger charge is -2.30. The molecule has 0 unspecified atom stereocenters. The summed E-state index contributed by atoms with van der Waals surface area (Å²) in [5.41, 5.74) is 3.81. The summed E-state index contributed by atoms with van der Waals surface area (Å²) in [6.45, 7) is 0. The van der Waals surface area contributed by atoms with E-state index in [1.54, 1.807) is 24.4 Å². The maximum Gasteiger partial charge on any atom is 0.272 e. The van der Waals surface area contributed by atoms with Crippen LogP contribution in [0.3, 0.4) is 0 Å². The molecule has 166 valence electrons. The second kappa shape index (κ2) is 9.02. The van der Waals surface area contributed by atoms with E-state index in [-0.39, 0.29) is 11.6 Å². The number of nitrogens with one attached hydrogen (secondary N) is 1. The molecule has 2 atom stereocenters. The lowest BCUT2D eigenvalue weighted by Crippen LogP contribution is -2.39. The number of aryl methyl sites for hydroxylation is 1. The Labute approximate surface area is 201 Å². The van der Waals surface area contributed by atoms with Gasteiger partial charge in [0.1, 0.15) is 11.5 Å². The van der Waals surface area contributed by atoms with Crippen LogP contribution in [0.25, 0.3) is 17.1 Å². The van der Waals surface area contributed by atoms with E-state index in [2.05, 4.69) is 10.3 Å². The Hall–Kier alpha value is -3.12. The van der Waals surface area contributed by atoms with E-state index in [9.17, 15) is 9.90 Å². The van der Waals surface area contributed by atoms with Gasteiger partial charge in [-0.3, -0.25) is 9.36 Å². The molecule has 0 spiro atoms. The Balaban J connectivity index is 1.54. The number of hydrogen-bond acceptors (Lipinski definition) is 3. The van der Waals surface area contributed by atoms with Gasteiger partial charge in [0.05, 0.1) is 17.2 Å². The van der Waals surface area contributed by atoms with Crippen molar-refractivity contribution in [3.05, 3.63) is 106 Å². The molecule has 0 saturated carbocycles. The van der Waals surface area contributed by atoms with Gasteiger partial charge in [0, 0.05) is 22.5 Å². The predicted octanol–water partition coefficient (Wildman–Crippen LogP) is 5.62. The molecule has 5 nitrogen and oxygen atoms in total. The van der Waals surface area contributed by atoms with Crippen LogP contribution in [0.4, 0.5) is 0 Å². The molecular weight excluding hydrogens is 457 g/mol. The Kier molecular flexibility index (Phi) is 5.94. The van der Waals surface area contributed by atoms with E-state index in [0.717, 1.165) is 23.2 Å². The molecule has 1 amide bonds. The maximum absolute atomic E-state index is 13.3. The Morgan fingerprint density at radius 2 is 1.73 bits per heavy atom. The van der Waals surface area contributed by atoms with Gasteiger partial charge >= 0.3 is 0 Å². The third-order valence-electron chi connectivity index (χ3n) is 5.93. The maximum atomic E-state index is 13.3. The second-order valence-electron chi connectivity index (χ2n) is 8.03. The second-order valence-corrected chi connectivity index (χ2v) is 8.88. The molecule has 0 fully saturated rings. The number of aliphatic hydroxyl groups is 1. The van der Waals surface area contributed by atoms with Crippen LogP contribution in [-0.4, -0.2) is 26.7 Å². The monoisotopic (exact) mass is 477 g/mol. The zero-order valence-electron chi connectivity index (χ0n) is 17.6. The molecular formula is C26H21Cl2N3O2. The highest BCUT2D eigenvalue weighted by Gasteiger charge is 2.30. The van der Waals surface area contributed by atoms with Gasteiger partial charge in [-0.2, -0.15) is 0 Å². The standard InChI is InChI=1S/C26H21Cl2N3O2/c27-17-10-12-18(13-11-17)31-15-22(29-25(31)20-7-3-4-8-21(20)28)26(33)30-24-19-6-2-1-5-16(19)9-14-23(24)32/h1-8,10-13,15,23-24,32H,9,14H2,(H,30,33)/t23-,24-/m1/s1. The molecule has 0 aliphatic heterocycles. The molecule has 2 N–H and O–H groups in total. The first-order valence-electron chi connectivity index (χ1n) is 10.7. The highest BCUT2D eigenvalue weighted by Crippen LogP contribution is 2.32. The molecule has 1 heterocycles. The summed E-state index contributed by atoms with van der Waals surface area (Å²) in [5.74, 6) is 0.175. The summed E-state index contributed by atoms with van der Waals surface area (Å²) >= 11 is 12.5.